The van der Waals surface area contributed by atoms with Crippen LogP contribution in [0.1, 0.15) is 32.1 Å². The van der Waals surface area contributed by atoms with Crippen LogP contribution in [0.15, 0.2) is 18.2 Å². The summed E-state index contributed by atoms with van der Waals surface area (Å²) in [6.07, 6.45) is 5.00. The number of carbonyl (C=O) groups is 1. The lowest BCUT2D eigenvalue weighted by Crippen LogP contribution is -2.59. The Morgan fingerprint density at radius 2 is 2.00 bits per heavy atom. The predicted molar refractivity (Wildman–Crippen MR) is 69.2 cm³/mol. The van der Waals surface area contributed by atoms with Crippen molar-refractivity contribution in [3.8, 4) is 0 Å². The highest BCUT2D eigenvalue weighted by Crippen LogP contribution is 2.43. The van der Waals surface area contributed by atoms with Crippen molar-refractivity contribution in [1.82, 2.24) is 0 Å². The monoisotopic (exact) mass is 248 g/mol. The molecular weight excluding hydrogens is 231 g/mol. The largest absolute Gasteiger partial charge is 0.358 e. The molecule has 1 aromatic rings. The SMILES string of the molecule is CN1c2cc(F)ccc2NC(=O)C12CCCCC2. The molecule has 1 aliphatic heterocycles. The molecule has 0 radical (unpaired) electrons. The number of nitrogens with zero attached hydrogens (tertiary/aromatic N) is 1. The molecule has 0 unspecified atom stereocenters. The topological polar surface area (TPSA) is 32.3 Å². The van der Waals surface area contributed by atoms with Gasteiger partial charge < -0.3 is 10.2 Å². The van der Waals surface area contributed by atoms with Crippen molar-refractivity contribution < 1.29 is 9.18 Å². The molecule has 1 spiro atoms. The summed E-state index contributed by atoms with van der Waals surface area (Å²) in [5.74, 6) is -0.202. The maximum atomic E-state index is 13.4. The van der Waals surface area contributed by atoms with Gasteiger partial charge in [0.05, 0.1) is 11.4 Å². The summed E-state index contributed by atoms with van der Waals surface area (Å²) in [6, 6.07) is 4.52. The minimum absolute atomic E-state index is 0.0591. The van der Waals surface area contributed by atoms with Gasteiger partial charge in [-0.3, -0.25) is 4.79 Å². The summed E-state index contributed by atoms with van der Waals surface area (Å²) in [6.45, 7) is 0. The molecule has 1 heterocycles. The second-order valence-corrected chi connectivity index (χ2v) is 5.27. The Labute approximate surface area is 106 Å². The van der Waals surface area contributed by atoms with Crippen LogP contribution in [0.3, 0.4) is 0 Å². The number of halogens is 1. The van der Waals surface area contributed by atoms with Crippen molar-refractivity contribution in [2.45, 2.75) is 37.6 Å². The van der Waals surface area contributed by atoms with Crippen LogP contribution in [0.2, 0.25) is 0 Å². The van der Waals surface area contributed by atoms with E-state index in [1.165, 1.54) is 18.6 Å². The van der Waals surface area contributed by atoms with Crippen molar-refractivity contribution in [1.29, 1.82) is 0 Å². The van der Waals surface area contributed by atoms with E-state index in [4.69, 9.17) is 0 Å². The van der Waals surface area contributed by atoms with Gasteiger partial charge >= 0.3 is 0 Å². The van der Waals surface area contributed by atoms with Crippen LogP contribution >= 0.6 is 0 Å². The summed E-state index contributed by atoms with van der Waals surface area (Å²) in [7, 11) is 1.91. The molecule has 3 rings (SSSR count). The van der Waals surface area contributed by atoms with Gasteiger partial charge in [-0.2, -0.15) is 0 Å². The maximum Gasteiger partial charge on any atom is 0.250 e. The predicted octanol–water partition coefficient (Wildman–Crippen LogP) is 2.92. The minimum Gasteiger partial charge on any atom is -0.358 e. The fraction of sp³-hybridized carbons (Fsp3) is 0.500. The lowest BCUT2D eigenvalue weighted by atomic mass is 9.78. The molecule has 3 nitrogen and oxygen atoms in total. The van der Waals surface area contributed by atoms with Crippen molar-refractivity contribution >= 4 is 17.3 Å². The number of benzene rings is 1. The van der Waals surface area contributed by atoms with E-state index in [-0.39, 0.29) is 11.7 Å². The van der Waals surface area contributed by atoms with E-state index in [0.717, 1.165) is 31.4 Å². The molecule has 1 N–H and O–H groups in total. The van der Waals surface area contributed by atoms with Gasteiger partial charge in [-0.05, 0) is 31.0 Å². The number of likely N-dealkylation sites (N-methyl/N-ethyl adjacent to an activating group) is 1. The highest BCUT2D eigenvalue weighted by molar-refractivity contribution is 6.06. The first kappa shape index (κ1) is 11.5. The summed E-state index contributed by atoms with van der Waals surface area (Å²) in [4.78, 5) is 14.4. The number of fused-ring (bicyclic) bond motifs is 1. The highest BCUT2D eigenvalue weighted by atomic mass is 19.1. The molecule has 0 bridgehead atoms. The molecule has 1 fully saturated rings. The van der Waals surface area contributed by atoms with Gasteiger partial charge in [0, 0.05) is 7.05 Å². The van der Waals surface area contributed by atoms with Crippen molar-refractivity contribution in [2.75, 3.05) is 17.3 Å². The second-order valence-electron chi connectivity index (χ2n) is 5.27. The Kier molecular flexibility index (Phi) is 2.54. The van der Waals surface area contributed by atoms with E-state index in [0.29, 0.717) is 5.69 Å². The van der Waals surface area contributed by atoms with Crippen molar-refractivity contribution in [3.05, 3.63) is 24.0 Å². The molecule has 0 atom stereocenters. The Bertz CT molecular complexity index is 495. The van der Waals surface area contributed by atoms with Gasteiger partial charge in [0.2, 0.25) is 5.91 Å². The molecule has 18 heavy (non-hydrogen) atoms. The first-order valence-electron chi connectivity index (χ1n) is 6.48. The number of anilines is 2. The Morgan fingerprint density at radius 1 is 1.28 bits per heavy atom. The fourth-order valence-electron chi connectivity index (χ4n) is 3.21. The van der Waals surface area contributed by atoms with E-state index in [1.54, 1.807) is 6.07 Å². The molecule has 1 aliphatic carbocycles. The third-order valence-corrected chi connectivity index (χ3v) is 4.31. The average Bonchev–Trinajstić information content (AvgIpc) is 2.39. The van der Waals surface area contributed by atoms with E-state index < -0.39 is 5.54 Å². The summed E-state index contributed by atoms with van der Waals surface area (Å²) in [5, 5.41) is 2.93. The molecule has 96 valence electrons. The van der Waals surface area contributed by atoms with E-state index >= 15 is 0 Å². The summed E-state index contributed by atoms with van der Waals surface area (Å²) < 4.78 is 13.4. The summed E-state index contributed by atoms with van der Waals surface area (Å²) >= 11 is 0. The normalized spacial score (nSPS) is 21.7. The first-order chi connectivity index (χ1) is 8.63. The summed E-state index contributed by atoms with van der Waals surface area (Å²) in [5.41, 5.74) is 1.02. The number of carbonyl (C=O) groups excluding carboxylic acids is 1. The Hall–Kier alpha value is -1.58. The third kappa shape index (κ3) is 1.51. The number of nitrogens with one attached hydrogen (secondary N) is 1. The molecular formula is C14H17FN2O. The Morgan fingerprint density at radius 3 is 2.72 bits per heavy atom. The number of amides is 1. The number of hydrogen-bond acceptors (Lipinski definition) is 2. The highest BCUT2D eigenvalue weighted by Gasteiger charge is 2.46. The first-order valence-corrected chi connectivity index (χ1v) is 6.48. The van der Waals surface area contributed by atoms with Gasteiger partial charge in [0.15, 0.2) is 0 Å². The Balaban J connectivity index is 2.07. The average molecular weight is 248 g/mol. The van der Waals surface area contributed by atoms with Gasteiger partial charge in [0.1, 0.15) is 11.4 Å². The van der Waals surface area contributed by atoms with Crippen LogP contribution in [0, 0.1) is 5.82 Å². The van der Waals surface area contributed by atoms with Crippen LogP contribution in [0.5, 0.6) is 0 Å². The van der Waals surface area contributed by atoms with E-state index in [9.17, 15) is 9.18 Å². The molecule has 1 amide bonds. The van der Waals surface area contributed by atoms with Crippen LogP contribution in [0.25, 0.3) is 0 Å². The lowest BCUT2D eigenvalue weighted by molar-refractivity contribution is -0.122. The van der Waals surface area contributed by atoms with Gasteiger partial charge in [-0.15, -0.1) is 0 Å². The molecule has 1 aromatic carbocycles. The standard InChI is InChI=1S/C14H17FN2O/c1-17-12-9-10(15)5-6-11(12)16-13(18)14(17)7-3-2-4-8-14/h5-6,9H,2-4,7-8H2,1H3,(H,16,18). The van der Waals surface area contributed by atoms with Crippen LogP contribution in [-0.2, 0) is 4.79 Å². The van der Waals surface area contributed by atoms with Gasteiger partial charge in [-0.1, -0.05) is 19.3 Å². The zero-order valence-electron chi connectivity index (χ0n) is 10.5. The smallest absolute Gasteiger partial charge is 0.250 e. The van der Waals surface area contributed by atoms with E-state index in [2.05, 4.69) is 5.32 Å². The molecule has 4 heteroatoms. The van der Waals surface area contributed by atoms with Crippen molar-refractivity contribution in [3.63, 3.8) is 0 Å². The van der Waals surface area contributed by atoms with E-state index in [1.807, 2.05) is 11.9 Å². The lowest BCUT2D eigenvalue weighted by Gasteiger charge is -2.48. The molecule has 1 saturated carbocycles. The zero-order chi connectivity index (χ0) is 12.8. The van der Waals surface area contributed by atoms with Crippen LogP contribution in [0.4, 0.5) is 15.8 Å². The van der Waals surface area contributed by atoms with Gasteiger partial charge in [0.25, 0.3) is 0 Å². The number of rotatable bonds is 0. The van der Waals surface area contributed by atoms with Crippen molar-refractivity contribution in [2.24, 2.45) is 0 Å². The van der Waals surface area contributed by atoms with Crippen LogP contribution < -0.4 is 10.2 Å². The fourth-order valence-corrected chi connectivity index (χ4v) is 3.21. The second kappa shape index (κ2) is 3.97. The minimum atomic E-state index is -0.473. The quantitative estimate of drug-likeness (QED) is 0.765. The molecule has 2 aliphatic rings. The maximum absolute atomic E-state index is 13.4. The molecule has 0 saturated heterocycles. The van der Waals surface area contributed by atoms with Gasteiger partial charge in [-0.25, -0.2) is 4.39 Å². The van der Waals surface area contributed by atoms with Crippen LogP contribution in [-0.4, -0.2) is 18.5 Å². The number of hydrogen-bond donors (Lipinski definition) is 1. The molecule has 0 aromatic heterocycles. The zero-order valence-corrected chi connectivity index (χ0v) is 10.5. The third-order valence-electron chi connectivity index (χ3n) is 4.31.